The fourth-order valence-electron chi connectivity index (χ4n) is 1.78. The zero-order valence-electron chi connectivity index (χ0n) is 10.4. The molecule has 18 heavy (non-hydrogen) atoms. The van der Waals surface area contributed by atoms with Crippen molar-refractivity contribution in [2.24, 2.45) is 0 Å². The second-order valence-electron chi connectivity index (χ2n) is 3.88. The smallest absolute Gasteiger partial charge is 0.356 e. The fraction of sp³-hybridized carbons (Fsp3) is 0.231. The summed E-state index contributed by atoms with van der Waals surface area (Å²) in [5.41, 5.74) is 1.41. The Morgan fingerprint density at radius 1 is 1.28 bits per heavy atom. The lowest BCUT2D eigenvalue weighted by molar-refractivity contribution is 0.0594. The number of hydrogen-bond acceptors (Lipinski definition) is 5. The van der Waals surface area contributed by atoms with Crippen LogP contribution in [0.25, 0.3) is 10.9 Å². The maximum Gasteiger partial charge on any atom is 0.356 e. The molecule has 0 fully saturated rings. The van der Waals surface area contributed by atoms with Crippen molar-refractivity contribution in [2.75, 3.05) is 14.2 Å². The topological polar surface area (TPSA) is 68.7 Å². The Labute approximate surface area is 104 Å². The summed E-state index contributed by atoms with van der Waals surface area (Å²) < 4.78 is 9.79. The molecule has 0 aliphatic heterocycles. The van der Waals surface area contributed by atoms with Crippen LogP contribution in [-0.4, -0.2) is 30.3 Å². The van der Waals surface area contributed by atoms with E-state index < -0.39 is 5.97 Å². The molecule has 0 bridgehead atoms. The van der Waals surface area contributed by atoms with E-state index in [0.29, 0.717) is 16.7 Å². The van der Waals surface area contributed by atoms with Crippen LogP contribution >= 0.6 is 0 Å². The number of aryl methyl sites for hydroxylation is 1. The predicted octanol–water partition coefficient (Wildman–Crippen LogP) is 2.04. The minimum Gasteiger partial charge on any atom is -0.507 e. The lowest BCUT2D eigenvalue weighted by atomic mass is 10.1. The van der Waals surface area contributed by atoms with Crippen LogP contribution in [-0.2, 0) is 4.74 Å². The molecule has 0 spiro atoms. The third kappa shape index (κ3) is 1.95. The molecule has 5 nitrogen and oxygen atoms in total. The Morgan fingerprint density at radius 2 is 2.00 bits per heavy atom. The molecule has 5 heteroatoms. The second kappa shape index (κ2) is 4.52. The number of aromatic nitrogens is 1. The molecule has 2 aromatic rings. The average molecular weight is 247 g/mol. The van der Waals surface area contributed by atoms with Gasteiger partial charge < -0.3 is 14.6 Å². The highest BCUT2D eigenvalue weighted by Gasteiger charge is 2.15. The van der Waals surface area contributed by atoms with E-state index in [2.05, 4.69) is 9.72 Å². The predicted molar refractivity (Wildman–Crippen MR) is 66.0 cm³/mol. The summed E-state index contributed by atoms with van der Waals surface area (Å²) in [5, 5.41) is 10.5. The van der Waals surface area contributed by atoms with Gasteiger partial charge in [0, 0.05) is 11.5 Å². The summed E-state index contributed by atoms with van der Waals surface area (Å²) in [4.78, 5) is 15.6. The number of aromatic hydroxyl groups is 1. The number of ether oxygens (including phenoxy) is 2. The van der Waals surface area contributed by atoms with Crippen molar-refractivity contribution in [2.45, 2.75) is 6.92 Å². The van der Waals surface area contributed by atoms with Crippen molar-refractivity contribution >= 4 is 16.9 Å². The number of hydrogen-bond donors (Lipinski definition) is 1. The van der Waals surface area contributed by atoms with E-state index >= 15 is 0 Å². The molecule has 0 saturated carbocycles. The van der Waals surface area contributed by atoms with Crippen LogP contribution < -0.4 is 4.74 Å². The van der Waals surface area contributed by atoms with Gasteiger partial charge in [-0.2, -0.15) is 0 Å². The lowest BCUT2D eigenvalue weighted by Crippen LogP contribution is -2.04. The number of methoxy groups -OCH3 is 2. The van der Waals surface area contributed by atoms with E-state index in [-0.39, 0.29) is 11.4 Å². The standard InChI is InChI=1S/C13H13NO4/c1-7-4-8-10(15)6-9(13(16)18-3)14-12(8)11(5-7)17-2/h4-6H,1-3H3,(H,14,15). The van der Waals surface area contributed by atoms with E-state index in [1.54, 1.807) is 12.1 Å². The number of pyridine rings is 1. The molecule has 0 aliphatic carbocycles. The number of rotatable bonds is 2. The molecule has 0 amide bonds. The van der Waals surface area contributed by atoms with Gasteiger partial charge >= 0.3 is 5.97 Å². The monoisotopic (exact) mass is 247 g/mol. The Kier molecular flexibility index (Phi) is 3.06. The Hall–Kier alpha value is -2.30. The van der Waals surface area contributed by atoms with Crippen LogP contribution in [0.2, 0.25) is 0 Å². The summed E-state index contributed by atoms with van der Waals surface area (Å²) in [5.74, 6) is -0.122. The van der Waals surface area contributed by atoms with Crippen LogP contribution in [0.15, 0.2) is 18.2 Å². The molecule has 0 aliphatic rings. The Bertz CT molecular complexity index is 622. The maximum absolute atomic E-state index is 11.4. The van der Waals surface area contributed by atoms with Gasteiger partial charge in [-0.1, -0.05) is 0 Å². The second-order valence-corrected chi connectivity index (χ2v) is 3.88. The van der Waals surface area contributed by atoms with E-state index in [1.165, 1.54) is 20.3 Å². The van der Waals surface area contributed by atoms with Gasteiger partial charge in [0.05, 0.1) is 14.2 Å². The number of carbonyl (C=O) groups excluding carboxylic acids is 1. The van der Waals surface area contributed by atoms with Crippen molar-refractivity contribution in [1.82, 2.24) is 4.98 Å². The summed E-state index contributed by atoms with van der Waals surface area (Å²) in [6, 6.07) is 4.85. The molecule has 1 aromatic carbocycles. The highest BCUT2D eigenvalue weighted by atomic mass is 16.5. The normalized spacial score (nSPS) is 10.4. The quantitative estimate of drug-likeness (QED) is 0.822. The van der Waals surface area contributed by atoms with E-state index in [9.17, 15) is 9.90 Å². The van der Waals surface area contributed by atoms with Crippen molar-refractivity contribution in [1.29, 1.82) is 0 Å². The first-order chi connectivity index (χ1) is 8.56. The van der Waals surface area contributed by atoms with Gasteiger partial charge in [0.15, 0.2) is 5.69 Å². The Balaban J connectivity index is 2.78. The lowest BCUT2D eigenvalue weighted by Gasteiger charge is -2.09. The molecule has 0 atom stereocenters. The molecule has 0 radical (unpaired) electrons. The fourth-order valence-corrected chi connectivity index (χ4v) is 1.78. The first-order valence-electron chi connectivity index (χ1n) is 5.33. The summed E-state index contributed by atoms with van der Waals surface area (Å²) in [6.45, 7) is 1.88. The molecule has 1 heterocycles. The number of benzene rings is 1. The van der Waals surface area contributed by atoms with Crippen molar-refractivity contribution in [3.05, 3.63) is 29.5 Å². The SMILES string of the molecule is COC(=O)c1cc(O)c2cc(C)cc(OC)c2n1. The molecule has 0 saturated heterocycles. The molecule has 0 unspecified atom stereocenters. The number of fused-ring (bicyclic) bond motifs is 1. The van der Waals surface area contributed by atoms with E-state index in [4.69, 9.17) is 4.74 Å². The number of nitrogens with zero attached hydrogens (tertiary/aromatic N) is 1. The molecule has 1 N–H and O–H groups in total. The molecule has 2 rings (SSSR count). The van der Waals surface area contributed by atoms with Gasteiger partial charge in [-0.15, -0.1) is 0 Å². The van der Waals surface area contributed by atoms with Gasteiger partial charge in [0.25, 0.3) is 0 Å². The zero-order valence-corrected chi connectivity index (χ0v) is 10.4. The maximum atomic E-state index is 11.4. The highest BCUT2D eigenvalue weighted by molar-refractivity contribution is 5.96. The molecular weight excluding hydrogens is 234 g/mol. The first kappa shape index (κ1) is 12.2. The summed E-state index contributed by atoms with van der Waals surface area (Å²) in [6.07, 6.45) is 0. The van der Waals surface area contributed by atoms with Crippen molar-refractivity contribution in [3.63, 3.8) is 0 Å². The zero-order chi connectivity index (χ0) is 13.3. The minimum atomic E-state index is -0.602. The Morgan fingerprint density at radius 3 is 2.61 bits per heavy atom. The summed E-state index contributed by atoms with van der Waals surface area (Å²) in [7, 11) is 2.77. The van der Waals surface area contributed by atoms with Gasteiger partial charge in [0.1, 0.15) is 17.0 Å². The van der Waals surface area contributed by atoms with E-state index in [0.717, 1.165) is 5.56 Å². The van der Waals surface area contributed by atoms with Gasteiger partial charge in [-0.3, -0.25) is 0 Å². The van der Waals surface area contributed by atoms with Gasteiger partial charge in [0.2, 0.25) is 0 Å². The number of carbonyl (C=O) groups is 1. The molecule has 1 aromatic heterocycles. The summed E-state index contributed by atoms with van der Waals surface area (Å²) >= 11 is 0. The third-order valence-electron chi connectivity index (χ3n) is 2.62. The van der Waals surface area contributed by atoms with Gasteiger partial charge in [-0.25, -0.2) is 9.78 Å². The van der Waals surface area contributed by atoms with Crippen LogP contribution in [0.5, 0.6) is 11.5 Å². The van der Waals surface area contributed by atoms with Crippen molar-refractivity contribution in [3.8, 4) is 11.5 Å². The van der Waals surface area contributed by atoms with Crippen LogP contribution in [0.3, 0.4) is 0 Å². The minimum absolute atomic E-state index is 0.0256. The number of esters is 1. The highest BCUT2D eigenvalue weighted by Crippen LogP contribution is 2.32. The van der Waals surface area contributed by atoms with E-state index in [1.807, 2.05) is 6.92 Å². The van der Waals surface area contributed by atoms with Crippen LogP contribution in [0.4, 0.5) is 0 Å². The van der Waals surface area contributed by atoms with Crippen molar-refractivity contribution < 1.29 is 19.4 Å². The third-order valence-corrected chi connectivity index (χ3v) is 2.62. The van der Waals surface area contributed by atoms with Crippen LogP contribution in [0, 0.1) is 6.92 Å². The first-order valence-corrected chi connectivity index (χ1v) is 5.33. The van der Waals surface area contributed by atoms with Gasteiger partial charge in [-0.05, 0) is 24.6 Å². The molecular formula is C13H13NO4. The largest absolute Gasteiger partial charge is 0.507 e. The average Bonchev–Trinajstić information content (AvgIpc) is 2.37. The van der Waals surface area contributed by atoms with Crippen LogP contribution in [0.1, 0.15) is 16.1 Å². The molecule has 94 valence electrons.